The summed E-state index contributed by atoms with van der Waals surface area (Å²) in [5, 5.41) is 4.57. The Balaban J connectivity index is 1.91. The molecule has 21 heavy (non-hydrogen) atoms. The van der Waals surface area contributed by atoms with Gasteiger partial charge in [-0.05, 0) is 38.1 Å². The molecule has 1 N–H and O–H groups in total. The molecule has 4 heteroatoms. The molecule has 0 amide bonds. The Morgan fingerprint density at radius 1 is 1.33 bits per heavy atom. The van der Waals surface area contributed by atoms with Crippen LogP contribution in [0.25, 0.3) is 0 Å². The molecule has 2 fully saturated rings. The highest BCUT2D eigenvalue weighted by molar-refractivity contribution is 7.99. The molecule has 0 aromatic rings. The minimum Gasteiger partial charge on any atom is -0.378 e. The lowest BCUT2D eigenvalue weighted by molar-refractivity contribution is -0.102. The summed E-state index contributed by atoms with van der Waals surface area (Å²) >= 11 is 2.12. The standard InChI is InChI=1S/C17H33NO2S/c1-4-8-18-16(12-21-14(3)5-2)15-6-9-20-17(11-15)7-10-19-13-17/h14-16,18H,4-13H2,1-3H3. The molecule has 0 bridgehead atoms. The van der Waals surface area contributed by atoms with Crippen LogP contribution in [0.1, 0.15) is 52.9 Å². The van der Waals surface area contributed by atoms with Crippen LogP contribution in [0.5, 0.6) is 0 Å². The molecule has 124 valence electrons. The van der Waals surface area contributed by atoms with Crippen LogP contribution in [-0.4, -0.2) is 49.0 Å². The summed E-state index contributed by atoms with van der Waals surface area (Å²) in [6, 6.07) is 0.630. The highest BCUT2D eigenvalue weighted by Crippen LogP contribution is 2.37. The van der Waals surface area contributed by atoms with Gasteiger partial charge in [-0.3, -0.25) is 0 Å². The SMILES string of the molecule is CCCNC(CSC(C)CC)C1CCOC2(CCOC2)C1. The topological polar surface area (TPSA) is 30.5 Å². The molecule has 0 aromatic carbocycles. The maximum atomic E-state index is 6.10. The van der Waals surface area contributed by atoms with Crippen LogP contribution in [0.15, 0.2) is 0 Å². The first-order chi connectivity index (χ1) is 10.2. The Hall–Kier alpha value is 0.230. The Labute approximate surface area is 134 Å². The number of rotatable bonds is 8. The fourth-order valence-corrected chi connectivity index (χ4v) is 4.51. The molecule has 2 aliphatic rings. The monoisotopic (exact) mass is 315 g/mol. The molecule has 3 nitrogen and oxygen atoms in total. The van der Waals surface area contributed by atoms with Crippen LogP contribution in [-0.2, 0) is 9.47 Å². The van der Waals surface area contributed by atoms with E-state index in [-0.39, 0.29) is 5.60 Å². The van der Waals surface area contributed by atoms with Crippen LogP contribution >= 0.6 is 11.8 Å². The number of thioether (sulfide) groups is 1. The van der Waals surface area contributed by atoms with Gasteiger partial charge in [0.2, 0.25) is 0 Å². The van der Waals surface area contributed by atoms with Gasteiger partial charge in [-0.15, -0.1) is 0 Å². The molecule has 2 aliphatic heterocycles. The van der Waals surface area contributed by atoms with E-state index in [0.717, 1.165) is 44.0 Å². The average Bonchev–Trinajstić information content (AvgIpc) is 2.94. The lowest BCUT2D eigenvalue weighted by Gasteiger charge is -2.40. The van der Waals surface area contributed by atoms with Gasteiger partial charge in [-0.1, -0.05) is 20.8 Å². The second-order valence-corrected chi connectivity index (χ2v) is 8.17. The van der Waals surface area contributed by atoms with Crippen molar-refractivity contribution in [2.75, 3.05) is 32.1 Å². The van der Waals surface area contributed by atoms with E-state index in [1.165, 1.54) is 31.4 Å². The van der Waals surface area contributed by atoms with Crippen molar-refractivity contribution in [1.29, 1.82) is 0 Å². The lowest BCUT2D eigenvalue weighted by Crippen LogP contribution is -2.48. The van der Waals surface area contributed by atoms with Crippen LogP contribution in [0.3, 0.4) is 0 Å². The summed E-state index contributed by atoms with van der Waals surface area (Å²) in [5.41, 5.74) is 0.0378. The van der Waals surface area contributed by atoms with E-state index >= 15 is 0 Å². The zero-order valence-electron chi connectivity index (χ0n) is 14.0. The number of nitrogens with one attached hydrogen (secondary N) is 1. The van der Waals surface area contributed by atoms with E-state index in [4.69, 9.17) is 9.47 Å². The maximum Gasteiger partial charge on any atom is 0.0939 e. The predicted molar refractivity (Wildman–Crippen MR) is 91.1 cm³/mol. The summed E-state index contributed by atoms with van der Waals surface area (Å²) in [6.45, 7) is 10.6. The number of hydrogen-bond donors (Lipinski definition) is 1. The van der Waals surface area contributed by atoms with Crippen molar-refractivity contribution in [3.63, 3.8) is 0 Å². The fourth-order valence-electron chi connectivity index (χ4n) is 3.35. The number of hydrogen-bond acceptors (Lipinski definition) is 4. The second kappa shape index (κ2) is 8.76. The third kappa shape index (κ3) is 5.12. The Morgan fingerprint density at radius 3 is 2.86 bits per heavy atom. The molecule has 0 aliphatic carbocycles. The summed E-state index contributed by atoms with van der Waals surface area (Å²) < 4.78 is 11.7. The smallest absolute Gasteiger partial charge is 0.0939 e. The summed E-state index contributed by atoms with van der Waals surface area (Å²) in [4.78, 5) is 0. The first kappa shape index (κ1) is 17.6. The molecule has 0 aromatic heterocycles. The highest BCUT2D eigenvalue weighted by Gasteiger charge is 2.42. The molecule has 2 saturated heterocycles. The molecule has 4 atom stereocenters. The normalized spacial score (nSPS) is 32.4. The average molecular weight is 316 g/mol. The van der Waals surface area contributed by atoms with Gasteiger partial charge in [0, 0.05) is 36.7 Å². The van der Waals surface area contributed by atoms with Crippen LogP contribution < -0.4 is 5.32 Å². The second-order valence-electron chi connectivity index (χ2n) is 6.70. The van der Waals surface area contributed by atoms with Crippen molar-refractivity contribution in [1.82, 2.24) is 5.32 Å². The quantitative estimate of drug-likeness (QED) is 0.743. The third-order valence-corrected chi connectivity index (χ3v) is 6.41. The van der Waals surface area contributed by atoms with Crippen molar-refractivity contribution in [2.24, 2.45) is 5.92 Å². The van der Waals surface area contributed by atoms with Gasteiger partial charge in [0.25, 0.3) is 0 Å². The van der Waals surface area contributed by atoms with E-state index in [9.17, 15) is 0 Å². The van der Waals surface area contributed by atoms with Crippen molar-refractivity contribution in [2.45, 2.75) is 69.8 Å². The zero-order valence-corrected chi connectivity index (χ0v) is 14.8. The minimum atomic E-state index is 0.0378. The first-order valence-corrected chi connectivity index (χ1v) is 9.80. The maximum absolute atomic E-state index is 6.10. The van der Waals surface area contributed by atoms with Gasteiger partial charge in [0.05, 0.1) is 12.2 Å². The Morgan fingerprint density at radius 2 is 2.19 bits per heavy atom. The molecular weight excluding hydrogens is 282 g/mol. The Kier molecular flexibility index (Phi) is 7.33. The Bertz CT molecular complexity index is 295. The highest BCUT2D eigenvalue weighted by atomic mass is 32.2. The largest absolute Gasteiger partial charge is 0.378 e. The lowest BCUT2D eigenvalue weighted by atomic mass is 9.81. The third-order valence-electron chi connectivity index (χ3n) is 4.96. The van der Waals surface area contributed by atoms with E-state index in [1.54, 1.807) is 0 Å². The van der Waals surface area contributed by atoms with E-state index in [1.807, 2.05) is 0 Å². The minimum absolute atomic E-state index is 0.0378. The summed E-state index contributed by atoms with van der Waals surface area (Å²) in [6.07, 6.45) is 5.93. The van der Waals surface area contributed by atoms with Gasteiger partial charge >= 0.3 is 0 Å². The van der Waals surface area contributed by atoms with Gasteiger partial charge in [-0.25, -0.2) is 0 Å². The van der Waals surface area contributed by atoms with E-state index in [2.05, 4.69) is 37.8 Å². The molecule has 4 unspecified atom stereocenters. The molecule has 0 radical (unpaired) electrons. The van der Waals surface area contributed by atoms with Crippen LogP contribution in [0.2, 0.25) is 0 Å². The van der Waals surface area contributed by atoms with Crippen molar-refractivity contribution < 1.29 is 9.47 Å². The van der Waals surface area contributed by atoms with Crippen molar-refractivity contribution in [3.8, 4) is 0 Å². The van der Waals surface area contributed by atoms with Crippen molar-refractivity contribution in [3.05, 3.63) is 0 Å². The molecule has 2 rings (SSSR count). The predicted octanol–water partition coefficient (Wildman–Crippen LogP) is 3.47. The van der Waals surface area contributed by atoms with Gasteiger partial charge in [0.1, 0.15) is 0 Å². The molecule has 0 saturated carbocycles. The van der Waals surface area contributed by atoms with Gasteiger partial charge in [-0.2, -0.15) is 11.8 Å². The summed E-state index contributed by atoms with van der Waals surface area (Å²) in [5.74, 6) is 1.97. The fraction of sp³-hybridized carbons (Fsp3) is 1.00. The first-order valence-electron chi connectivity index (χ1n) is 8.76. The van der Waals surface area contributed by atoms with E-state index in [0.29, 0.717) is 6.04 Å². The molecular formula is C17H33NO2S. The zero-order chi connectivity index (χ0) is 15.1. The van der Waals surface area contributed by atoms with Crippen LogP contribution in [0, 0.1) is 5.92 Å². The molecule has 2 heterocycles. The van der Waals surface area contributed by atoms with Crippen molar-refractivity contribution >= 4 is 11.8 Å². The number of ether oxygens (including phenoxy) is 2. The molecule has 1 spiro atoms. The summed E-state index contributed by atoms with van der Waals surface area (Å²) in [7, 11) is 0. The van der Waals surface area contributed by atoms with E-state index < -0.39 is 0 Å². The van der Waals surface area contributed by atoms with Crippen LogP contribution in [0.4, 0.5) is 0 Å². The van der Waals surface area contributed by atoms with Gasteiger partial charge in [0.15, 0.2) is 0 Å². The van der Waals surface area contributed by atoms with Gasteiger partial charge < -0.3 is 14.8 Å².